The Labute approximate surface area is 138 Å². The van der Waals surface area contributed by atoms with Crippen molar-refractivity contribution in [2.45, 2.75) is 18.8 Å². The van der Waals surface area contributed by atoms with E-state index >= 15 is 0 Å². The highest BCUT2D eigenvalue weighted by Gasteiger charge is 2.35. The van der Waals surface area contributed by atoms with E-state index in [1.165, 1.54) is 30.5 Å². The van der Waals surface area contributed by atoms with Crippen LogP contribution in [-0.2, 0) is 0 Å². The molecule has 25 heavy (non-hydrogen) atoms. The highest BCUT2D eigenvalue weighted by molar-refractivity contribution is 5.88. The number of carboxylic acid groups (broad SMARTS) is 1. The third kappa shape index (κ3) is 3.44. The molecular formula is C16H11F4N3O2. The molecule has 0 amide bonds. The zero-order chi connectivity index (χ0) is 18.2. The summed E-state index contributed by atoms with van der Waals surface area (Å²) in [4.78, 5) is 10.8. The maximum atomic E-state index is 14.0. The highest BCUT2D eigenvalue weighted by atomic mass is 19.4. The second kappa shape index (κ2) is 6.15. The van der Waals surface area contributed by atoms with E-state index in [0.717, 1.165) is 10.8 Å². The lowest BCUT2D eigenvalue weighted by Crippen LogP contribution is -2.19. The minimum Gasteiger partial charge on any atom is -0.478 e. The average molecular weight is 353 g/mol. The van der Waals surface area contributed by atoms with Gasteiger partial charge in [0.15, 0.2) is 0 Å². The quantitative estimate of drug-likeness (QED) is 0.854. The van der Waals surface area contributed by atoms with Crippen molar-refractivity contribution < 1.29 is 27.5 Å². The van der Waals surface area contributed by atoms with Crippen LogP contribution in [-0.4, -0.2) is 38.4 Å². The van der Waals surface area contributed by atoms with Crippen molar-refractivity contribution in [3.8, 4) is 11.3 Å². The second-order valence-corrected chi connectivity index (χ2v) is 5.36. The van der Waals surface area contributed by atoms with Gasteiger partial charge >= 0.3 is 12.1 Å². The minimum atomic E-state index is -4.57. The third-order valence-corrected chi connectivity index (χ3v) is 3.68. The van der Waals surface area contributed by atoms with Crippen LogP contribution >= 0.6 is 0 Å². The summed E-state index contributed by atoms with van der Waals surface area (Å²) in [6.45, 7) is 0. The van der Waals surface area contributed by atoms with Crippen molar-refractivity contribution in [3.63, 3.8) is 0 Å². The molecule has 1 N–H and O–H groups in total. The Morgan fingerprint density at radius 1 is 1.24 bits per heavy atom. The molecule has 1 atom stereocenters. The number of aromatic nitrogens is 3. The first-order valence-corrected chi connectivity index (χ1v) is 7.15. The molecule has 0 fully saturated rings. The molecule has 0 aliphatic heterocycles. The maximum absolute atomic E-state index is 14.0. The number of hydrogen-bond donors (Lipinski definition) is 1. The minimum absolute atomic E-state index is 0.0786. The Morgan fingerprint density at radius 3 is 2.52 bits per heavy atom. The molecule has 1 unspecified atom stereocenters. The molecule has 0 bridgehead atoms. The number of benzene rings is 1. The van der Waals surface area contributed by atoms with Crippen molar-refractivity contribution in [1.82, 2.24) is 15.0 Å². The molecule has 1 aliphatic carbocycles. The van der Waals surface area contributed by atoms with Crippen LogP contribution in [0.4, 0.5) is 17.6 Å². The topological polar surface area (TPSA) is 68.0 Å². The molecule has 1 aromatic heterocycles. The summed E-state index contributed by atoms with van der Waals surface area (Å²) in [6, 6.07) is 5.69. The Kier molecular flexibility index (Phi) is 4.15. The molecule has 1 aliphatic rings. The molecule has 0 radical (unpaired) electrons. The molecule has 0 saturated carbocycles. The van der Waals surface area contributed by atoms with Crippen molar-refractivity contribution in [2.75, 3.05) is 0 Å². The second-order valence-electron chi connectivity index (χ2n) is 5.36. The normalized spacial score (nSPS) is 17.8. The number of allylic oxidation sites excluding steroid dienone is 4. The van der Waals surface area contributed by atoms with E-state index < -0.39 is 30.3 Å². The summed E-state index contributed by atoms with van der Waals surface area (Å²) in [6.07, 6.45) is -3.79. The van der Waals surface area contributed by atoms with E-state index in [2.05, 4.69) is 10.3 Å². The lowest BCUT2D eigenvalue weighted by Gasteiger charge is -2.18. The molecule has 0 saturated heterocycles. The monoisotopic (exact) mass is 353 g/mol. The first-order chi connectivity index (χ1) is 11.8. The smallest absolute Gasteiger partial charge is 0.416 e. The van der Waals surface area contributed by atoms with E-state index in [9.17, 15) is 22.4 Å². The molecule has 3 rings (SSSR count). The van der Waals surface area contributed by atoms with Gasteiger partial charge in [0.1, 0.15) is 11.9 Å². The average Bonchev–Trinajstić information content (AvgIpc) is 3.04. The lowest BCUT2D eigenvalue weighted by atomic mass is 10.0. The van der Waals surface area contributed by atoms with Crippen LogP contribution in [0.25, 0.3) is 17.0 Å². The van der Waals surface area contributed by atoms with Gasteiger partial charge in [-0.25, -0.2) is 13.9 Å². The number of nitrogens with zero attached hydrogens (tertiary/aromatic N) is 3. The number of halogens is 4. The first-order valence-electron chi connectivity index (χ1n) is 7.15. The van der Waals surface area contributed by atoms with Crippen molar-refractivity contribution in [2.24, 2.45) is 0 Å². The number of carbonyl (C=O) groups is 1. The van der Waals surface area contributed by atoms with Crippen LogP contribution in [0.5, 0.6) is 0 Å². The Bertz CT molecular complexity index is 866. The molecule has 2 aromatic rings. The summed E-state index contributed by atoms with van der Waals surface area (Å²) >= 11 is 0. The van der Waals surface area contributed by atoms with Crippen molar-refractivity contribution >= 4 is 11.7 Å². The fraction of sp³-hybridized carbons (Fsp3) is 0.188. The fourth-order valence-corrected chi connectivity index (χ4v) is 2.37. The van der Waals surface area contributed by atoms with Crippen LogP contribution in [0, 0.1) is 0 Å². The van der Waals surface area contributed by atoms with E-state index in [1.807, 2.05) is 0 Å². The Balaban J connectivity index is 1.91. The van der Waals surface area contributed by atoms with Gasteiger partial charge in [-0.3, -0.25) is 0 Å². The fourth-order valence-electron chi connectivity index (χ4n) is 2.37. The summed E-state index contributed by atoms with van der Waals surface area (Å²) in [5.41, 5.74) is -0.312. The maximum Gasteiger partial charge on any atom is 0.416 e. The standard InChI is InChI=1S/C16H11F4N3O2/c17-12-6-5-11(16(18,19)20)7-14(12)23-8-13(21-22-23)9-1-3-10(4-2-9)15(24)25/h1-5,7-8,12H,6H2,(H,24,25). The van der Waals surface area contributed by atoms with Crippen LogP contribution in [0.15, 0.2) is 48.2 Å². The number of hydrogen-bond acceptors (Lipinski definition) is 3. The molecule has 5 nitrogen and oxygen atoms in total. The number of rotatable bonds is 3. The van der Waals surface area contributed by atoms with Gasteiger partial charge in [-0.1, -0.05) is 23.4 Å². The predicted molar refractivity (Wildman–Crippen MR) is 80.3 cm³/mol. The van der Waals surface area contributed by atoms with Gasteiger partial charge in [-0.05, 0) is 18.2 Å². The van der Waals surface area contributed by atoms with E-state index in [1.54, 1.807) is 0 Å². The van der Waals surface area contributed by atoms with Gasteiger partial charge in [0.2, 0.25) is 0 Å². The van der Waals surface area contributed by atoms with Gasteiger partial charge in [0, 0.05) is 12.0 Å². The summed E-state index contributed by atoms with van der Waals surface area (Å²) in [5, 5.41) is 16.4. The molecule has 1 aromatic carbocycles. The lowest BCUT2D eigenvalue weighted by molar-refractivity contribution is -0.0887. The van der Waals surface area contributed by atoms with Crippen molar-refractivity contribution in [3.05, 3.63) is 53.8 Å². The largest absolute Gasteiger partial charge is 0.478 e. The van der Waals surface area contributed by atoms with Gasteiger partial charge in [0.25, 0.3) is 0 Å². The van der Waals surface area contributed by atoms with E-state index in [4.69, 9.17) is 5.11 Å². The number of aromatic carboxylic acids is 1. The zero-order valence-corrected chi connectivity index (χ0v) is 12.5. The summed E-state index contributed by atoms with van der Waals surface area (Å²) < 4.78 is 53.4. The van der Waals surface area contributed by atoms with E-state index in [-0.39, 0.29) is 17.0 Å². The highest BCUT2D eigenvalue weighted by Crippen LogP contribution is 2.34. The SMILES string of the molecule is O=C(O)c1ccc(-c2cn(C3=CC(C(F)(F)F)=CCC3F)nn2)cc1. The van der Waals surface area contributed by atoms with Crippen LogP contribution in [0.3, 0.4) is 0 Å². The van der Waals surface area contributed by atoms with Gasteiger partial charge in [-0.15, -0.1) is 5.10 Å². The third-order valence-electron chi connectivity index (χ3n) is 3.68. The molecule has 1 heterocycles. The summed E-state index contributed by atoms with van der Waals surface area (Å²) in [7, 11) is 0. The van der Waals surface area contributed by atoms with Crippen molar-refractivity contribution in [1.29, 1.82) is 0 Å². The zero-order valence-electron chi connectivity index (χ0n) is 12.5. The summed E-state index contributed by atoms with van der Waals surface area (Å²) in [5.74, 6) is -1.09. The molecule has 9 heteroatoms. The van der Waals surface area contributed by atoms with Crippen LogP contribution < -0.4 is 0 Å². The van der Waals surface area contributed by atoms with Crippen LogP contribution in [0.1, 0.15) is 16.8 Å². The van der Waals surface area contributed by atoms with Gasteiger partial charge < -0.3 is 5.11 Å². The Morgan fingerprint density at radius 2 is 1.92 bits per heavy atom. The van der Waals surface area contributed by atoms with E-state index in [0.29, 0.717) is 11.6 Å². The molecule has 0 spiro atoms. The van der Waals surface area contributed by atoms with Crippen LogP contribution in [0.2, 0.25) is 0 Å². The number of alkyl halides is 4. The molecule has 130 valence electrons. The molecular weight excluding hydrogens is 342 g/mol. The number of carboxylic acids is 1. The predicted octanol–water partition coefficient (Wildman–Crippen LogP) is 3.71. The van der Waals surface area contributed by atoms with Gasteiger partial charge in [0.05, 0.1) is 23.0 Å². The first kappa shape index (κ1) is 16.9. The Hall–Kier alpha value is -2.97. The van der Waals surface area contributed by atoms with Gasteiger partial charge in [-0.2, -0.15) is 13.2 Å².